The number of esters is 4. The maximum absolute atomic E-state index is 17.2. The molecule has 1 aliphatic carbocycles. The van der Waals surface area contributed by atoms with E-state index in [1.54, 1.807) is 18.2 Å². The average Bonchev–Trinajstić information content (AvgIpc) is 0.640. The first-order valence-corrected chi connectivity index (χ1v) is 44.2. The summed E-state index contributed by atoms with van der Waals surface area (Å²) in [6.45, 7) is 1.05. The summed E-state index contributed by atoms with van der Waals surface area (Å²) >= 11 is 0. The van der Waals surface area contributed by atoms with E-state index >= 15 is 15.3 Å². The lowest BCUT2D eigenvalue weighted by molar-refractivity contribution is -0.555. The maximum atomic E-state index is 17.2. The zero-order chi connectivity index (χ0) is 97.0. The Balaban J connectivity index is 1.16. The van der Waals surface area contributed by atoms with Gasteiger partial charge < -0.3 is 207 Å². The van der Waals surface area contributed by atoms with Crippen LogP contribution in [0.3, 0.4) is 0 Å². The summed E-state index contributed by atoms with van der Waals surface area (Å²) in [7, 11) is 0. The number of nitrogens with one attached hydrogen (secondary N) is 3. The van der Waals surface area contributed by atoms with Crippen molar-refractivity contribution in [3.8, 4) is 11.5 Å². The average molecular weight is 1920 g/mol. The molecule has 15 rings (SSSR count). The van der Waals surface area contributed by atoms with Crippen LogP contribution in [0.25, 0.3) is 0 Å². The first-order valence-electron chi connectivity index (χ1n) is 44.2. The molecule has 2 aromatic carbocycles. The van der Waals surface area contributed by atoms with Crippen molar-refractivity contribution in [2.75, 3.05) is 46.2 Å². The number of fused-ring (bicyclic) bond motifs is 4. The van der Waals surface area contributed by atoms with Crippen LogP contribution in [0.4, 0.5) is 0 Å². The number of aliphatic hydroxyl groups is 15. The van der Waals surface area contributed by atoms with Gasteiger partial charge in [-0.2, -0.15) is 0 Å². The number of amides is 3. The largest absolute Gasteiger partial charge is 0.504 e. The predicted octanol–water partition coefficient (Wildman–Crippen LogP) is -8.15. The molecule has 20 N–H and O–H groups in total. The monoisotopic (exact) mass is 1920 g/mol. The van der Waals surface area contributed by atoms with Crippen LogP contribution in [-0.2, 0) is 138 Å². The Morgan fingerprint density at radius 2 is 1.07 bits per heavy atom. The number of hydrogen-bond donors (Lipinski definition) is 20. The van der Waals surface area contributed by atoms with Crippen LogP contribution in [0, 0.1) is 6.10 Å². The lowest BCUT2D eigenvalue weighted by Crippen LogP contribution is -2.98. The highest BCUT2D eigenvalue weighted by Gasteiger charge is 2.93. The van der Waals surface area contributed by atoms with Gasteiger partial charge in [-0.1, -0.05) is 42.8 Å². The van der Waals surface area contributed by atoms with Gasteiger partial charge in [0, 0.05) is 72.4 Å². The summed E-state index contributed by atoms with van der Waals surface area (Å²) in [6.07, 6.45) is -85.6. The molecule has 12 saturated heterocycles. The van der Waals surface area contributed by atoms with Gasteiger partial charge in [0.2, 0.25) is 29.3 Å². The normalized spacial score (nSPS) is 46.0. The van der Waals surface area contributed by atoms with Crippen LogP contribution >= 0.6 is 0 Å². The molecule has 0 bridgehead atoms. The summed E-state index contributed by atoms with van der Waals surface area (Å²) in [5.41, 5.74) is -14.4. The number of benzene rings is 2. The second-order valence-electron chi connectivity index (χ2n) is 36.5. The van der Waals surface area contributed by atoms with Crippen LogP contribution in [-0.4, -0.2) is 422 Å². The lowest BCUT2D eigenvalue weighted by Gasteiger charge is -2.75. The van der Waals surface area contributed by atoms with Crippen LogP contribution in [0.1, 0.15) is 125 Å². The van der Waals surface area contributed by atoms with Gasteiger partial charge in [0.1, 0.15) is 177 Å². The van der Waals surface area contributed by atoms with Gasteiger partial charge >= 0.3 is 23.9 Å². The topological polar surface area (TPSA) is 703 Å². The van der Waals surface area contributed by atoms with E-state index in [9.17, 15) is 105 Å². The minimum absolute atomic E-state index is 0.174. The number of aliphatic hydroxyl groups excluding tert-OH is 14. The Labute approximate surface area is 764 Å². The Hall–Kier alpha value is -6.99. The standard InChI is InChI=1S/C85H118N3O46/c1-31-52(100)58(106)71(111)85(128-31,134-82(74-59(107)57(105)62(118-36(6)95)44(25-90)123-74)69(88-34(4)93)60(108)63-47(129-82)27-114-76(126-63)39-17-13-11-14-18-39)83(70(110)61(109)64-48(130-83)28-115-77(127-64)40-19-20-41(98)42(99)23-40)84(133-78-51(87-33(3)92)67(120-38(8)97)66(119-37(7)96)45(125-78)26-113-35(5)94)75(68-56(104)55(103)65-46(121-68)29-117-80(131-65)21-15-12-16-22-80)124-49-30-116-79(9,10)132-72(49)81(84,112)73-50(86-32(2)91)54(102)53(101)43(24-89)122-73/h11,13-14,17-20,23,31,43-74,76-78,89-90,98-112H,12,15-16,21-22,24-30H2,1-10H3,(H,86,91)(H,87,92)(H,88,93)/t31-,43-,44-,45-,46-,47-,48-,49-,50-,51-,52-,53-,54-,55-,56-,57-,58+,59-,60+,61+,62-,63-,64-,65-,66-,67-,68-,69-,70-,71-,72-,73-,74-,76?,77?,78+,81-,82-,83-,84+,85+/m1/s1. The summed E-state index contributed by atoms with van der Waals surface area (Å²) in [5, 5.41) is 236. The first kappa shape index (κ1) is 101. The summed E-state index contributed by atoms with van der Waals surface area (Å²) < 4.78 is 150. The quantitative estimate of drug-likeness (QED) is 0.0314. The van der Waals surface area contributed by atoms with Gasteiger partial charge in [0.15, 0.2) is 83.2 Å². The number of ether oxygens (including phenoxy) is 22. The zero-order valence-corrected chi connectivity index (χ0v) is 74.3. The van der Waals surface area contributed by atoms with Crippen LogP contribution in [0.15, 0.2) is 48.5 Å². The highest BCUT2D eigenvalue weighted by atomic mass is 16.9. The minimum atomic E-state index is -4.96. The fourth-order valence-electron chi connectivity index (χ4n) is 21.2. The second-order valence-corrected chi connectivity index (χ2v) is 36.5. The Bertz CT molecular complexity index is 4520. The van der Waals surface area contributed by atoms with Gasteiger partial charge in [-0.3, -0.25) is 33.6 Å². The fraction of sp³-hybridized carbons (Fsp3) is 0.765. The highest BCUT2D eigenvalue weighted by molar-refractivity contribution is 5.75. The summed E-state index contributed by atoms with van der Waals surface area (Å²) in [5.74, 6) is -23.1. The summed E-state index contributed by atoms with van der Waals surface area (Å²) in [4.78, 5) is 99.3. The third-order valence-corrected chi connectivity index (χ3v) is 27.0. The van der Waals surface area contributed by atoms with Crippen molar-refractivity contribution in [1.82, 2.24) is 16.0 Å². The van der Waals surface area contributed by atoms with Crippen molar-refractivity contribution in [3.63, 3.8) is 0 Å². The molecule has 12 aliphatic heterocycles. The van der Waals surface area contributed by atoms with E-state index in [4.69, 9.17) is 104 Å². The van der Waals surface area contributed by atoms with Crippen molar-refractivity contribution in [1.29, 1.82) is 0 Å². The van der Waals surface area contributed by atoms with Gasteiger partial charge in [-0.25, -0.2) is 0 Å². The maximum Gasteiger partial charge on any atom is 0.303 e. The smallest absolute Gasteiger partial charge is 0.303 e. The Morgan fingerprint density at radius 3 is 1.69 bits per heavy atom. The SMILES string of the molecule is CC(=O)N[C@@H]1[C@@H](O)[C@H](O)[C@@H](CO)O[C@H]1[C@]1(O)[C@@H]2OC(C)(C)OC[C@H]2O[C]([C@@H]2O[C@@H]3COC4(CCCCC4)O[C@H]3[C@H](O)[C@H]2O)[C@@]1(O[C@@H]1O[C@H](COC(C)=O)[C@@H](OC(C)=O)[C@H](OC(C)=O)[C@H]1NC(C)=O)[C@]1([C@]2(O[C@]3([C@@H]4O[C@H](CO)[C@@H](OC(C)=O)[C@H](O)[C@H]4O)O[C@@H]4COC(c5ccccc5)O[C@H]4[C@H](O)[C@H]3NC(C)=O)O[C@H](C)[C@@H](O)[C@H](O)[C@H]2O)O[C@@H]2COC(c3ccc(O)c(O)c3)O[C@H]2[C@H](O)[C@H]1O. The number of phenolic OH excluding ortho intramolecular Hbond substituents is 2. The van der Waals surface area contributed by atoms with Crippen LogP contribution < -0.4 is 16.0 Å². The van der Waals surface area contributed by atoms with E-state index in [-0.39, 0.29) is 24.0 Å². The van der Waals surface area contributed by atoms with Crippen molar-refractivity contribution < 1.29 is 225 Å². The molecule has 49 nitrogen and oxygen atoms in total. The van der Waals surface area contributed by atoms with Gasteiger partial charge in [0.05, 0.1) is 51.8 Å². The highest BCUT2D eigenvalue weighted by Crippen LogP contribution is 2.69. The van der Waals surface area contributed by atoms with Crippen molar-refractivity contribution in [3.05, 3.63) is 65.8 Å². The molecule has 2 unspecified atom stereocenters. The van der Waals surface area contributed by atoms with E-state index in [0.29, 0.717) is 19.3 Å². The van der Waals surface area contributed by atoms with Crippen molar-refractivity contribution in [2.24, 2.45) is 0 Å². The molecule has 41 atom stereocenters. The number of rotatable bonds is 21. The third-order valence-electron chi connectivity index (χ3n) is 27.0. The Morgan fingerprint density at radius 1 is 0.478 bits per heavy atom. The Kier molecular flexibility index (Phi) is 29.7. The molecule has 1 saturated carbocycles. The van der Waals surface area contributed by atoms with E-state index in [1.807, 2.05) is 0 Å². The van der Waals surface area contributed by atoms with Crippen molar-refractivity contribution >= 4 is 41.6 Å². The molecular formula is C85H118N3O46. The number of aromatic hydroxyl groups is 2. The van der Waals surface area contributed by atoms with Crippen molar-refractivity contribution in [2.45, 2.75) is 361 Å². The van der Waals surface area contributed by atoms with Crippen LogP contribution in [0.5, 0.6) is 11.5 Å². The predicted molar refractivity (Wildman–Crippen MR) is 428 cm³/mol. The molecule has 2 aromatic rings. The van der Waals surface area contributed by atoms with E-state index in [0.717, 1.165) is 73.6 Å². The van der Waals surface area contributed by atoms with Crippen LogP contribution in [0.2, 0.25) is 0 Å². The molecule has 1 radical (unpaired) electrons. The van der Waals surface area contributed by atoms with Gasteiger partial charge in [0.25, 0.3) is 0 Å². The first-order chi connectivity index (χ1) is 63.3. The molecule has 3 amide bonds. The number of carbonyl (C=O) groups is 7. The zero-order valence-electron chi connectivity index (χ0n) is 74.3. The number of phenols is 2. The summed E-state index contributed by atoms with van der Waals surface area (Å²) in [6, 6.07) is 2.72. The second kappa shape index (κ2) is 39.2. The molecule has 134 heavy (non-hydrogen) atoms. The molecule has 749 valence electrons. The van der Waals surface area contributed by atoms with E-state index < -0.39 is 366 Å². The molecular weight excluding hydrogens is 1800 g/mol. The third kappa shape index (κ3) is 17.9. The number of hydrogen-bond acceptors (Lipinski definition) is 46. The molecule has 1 spiro atoms. The minimum Gasteiger partial charge on any atom is -0.504 e. The molecule has 13 aliphatic rings. The molecule has 12 heterocycles. The number of carbonyl (C=O) groups excluding carboxylic acids is 7. The van der Waals surface area contributed by atoms with E-state index in [1.165, 1.54) is 26.0 Å². The van der Waals surface area contributed by atoms with Gasteiger partial charge in [-0.15, -0.1) is 0 Å². The molecule has 49 heteroatoms. The molecule has 0 aromatic heterocycles. The molecule has 13 fully saturated rings. The lowest BCUT2D eigenvalue weighted by atomic mass is 9.51. The van der Waals surface area contributed by atoms with E-state index in [2.05, 4.69) is 16.0 Å². The van der Waals surface area contributed by atoms with Gasteiger partial charge in [-0.05, 0) is 45.7 Å². The fourth-order valence-corrected chi connectivity index (χ4v) is 21.2.